The van der Waals surface area contributed by atoms with Gasteiger partial charge in [0.1, 0.15) is 0 Å². The maximum atomic E-state index is 11.5. The molecule has 0 amide bonds. The molecule has 108 valence electrons. The number of rotatable bonds is 4. The zero-order valence-corrected chi connectivity index (χ0v) is 12.2. The Labute approximate surface area is 114 Å². The largest absolute Gasteiger partial charge is 0.329 e. The van der Waals surface area contributed by atoms with E-state index in [4.69, 9.17) is 5.73 Å². The quantitative estimate of drug-likeness (QED) is 0.767. The molecule has 2 rings (SSSR count). The van der Waals surface area contributed by atoms with Crippen LogP contribution in [0.5, 0.6) is 0 Å². The zero-order valence-electron chi connectivity index (χ0n) is 11.4. The smallest absolute Gasteiger partial charge is 0.211 e. The maximum absolute atomic E-state index is 11.5. The first-order valence-corrected chi connectivity index (χ1v) is 8.14. The first-order valence-electron chi connectivity index (χ1n) is 6.29. The molecule has 2 heterocycles. The third-order valence-electron chi connectivity index (χ3n) is 3.52. The lowest BCUT2D eigenvalue weighted by molar-refractivity contribution is 0.140. The molecule has 8 heteroatoms. The minimum Gasteiger partial charge on any atom is -0.329 e. The summed E-state index contributed by atoms with van der Waals surface area (Å²) >= 11 is 0. The lowest BCUT2D eigenvalue weighted by Crippen LogP contribution is -2.50. The standard InChI is InChI=1S/C11H21N5O2S/c1-14-9-10(8-13-14)11(7-12)15-3-5-16(6-4-15)19(2,17)18/h8-9,11H,3-7,12H2,1-2H3. The minimum absolute atomic E-state index is 0.107. The number of hydrogen-bond donors (Lipinski definition) is 1. The topological polar surface area (TPSA) is 84.5 Å². The molecule has 1 unspecified atom stereocenters. The van der Waals surface area contributed by atoms with Gasteiger partial charge in [-0.05, 0) is 0 Å². The fourth-order valence-electron chi connectivity index (χ4n) is 2.46. The number of piperazine rings is 1. The fourth-order valence-corrected chi connectivity index (χ4v) is 3.28. The van der Waals surface area contributed by atoms with Crippen molar-refractivity contribution in [1.29, 1.82) is 0 Å². The molecule has 1 saturated heterocycles. The van der Waals surface area contributed by atoms with Crippen molar-refractivity contribution in [3.8, 4) is 0 Å². The molecule has 1 atom stereocenters. The van der Waals surface area contributed by atoms with Crippen molar-refractivity contribution in [3.63, 3.8) is 0 Å². The Morgan fingerprint density at radius 1 is 1.37 bits per heavy atom. The molecule has 0 saturated carbocycles. The van der Waals surface area contributed by atoms with Crippen LogP contribution in [0.1, 0.15) is 11.6 Å². The summed E-state index contributed by atoms with van der Waals surface area (Å²) in [5.41, 5.74) is 6.94. The SMILES string of the molecule is Cn1cc(C(CN)N2CCN(S(C)(=O)=O)CC2)cn1. The van der Waals surface area contributed by atoms with Crippen LogP contribution < -0.4 is 5.73 Å². The predicted molar refractivity (Wildman–Crippen MR) is 73.0 cm³/mol. The van der Waals surface area contributed by atoms with E-state index in [1.807, 2.05) is 19.4 Å². The van der Waals surface area contributed by atoms with Crippen molar-refractivity contribution >= 4 is 10.0 Å². The van der Waals surface area contributed by atoms with E-state index in [2.05, 4.69) is 10.00 Å². The first-order chi connectivity index (χ1) is 8.91. The van der Waals surface area contributed by atoms with Gasteiger partial charge in [-0.1, -0.05) is 0 Å². The monoisotopic (exact) mass is 287 g/mol. The summed E-state index contributed by atoms with van der Waals surface area (Å²) in [7, 11) is -1.21. The number of nitrogens with two attached hydrogens (primary N) is 1. The van der Waals surface area contributed by atoms with Crippen LogP contribution in [0.3, 0.4) is 0 Å². The zero-order chi connectivity index (χ0) is 14.0. The van der Waals surface area contributed by atoms with Gasteiger partial charge in [-0.3, -0.25) is 9.58 Å². The Balaban J connectivity index is 2.03. The lowest BCUT2D eigenvalue weighted by Gasteiger charge is -2.37. The van der Waals surface area contributed by atoms with Crippen LogP contribution in [0, 0.1) is 0 Å². The van der Waals surface area contributed by atoms with Crippen molar-refractivity contribution in [2.24, 2.45) is 12.8 Å². The number of aromatic nitrogens is 2. The van der Waals surface area contributed by atoms with E-state index < -0.39 is 10.0 Å². The number of sulfonamides is 1. The van der Waals surface area contributed by atoms with E-state index >= 15 is 0 Å². The predicted octanol–water partition coefficient (Wildman–Crippen LogP) is -1.00. The number of aryl methyl sites for hydroxylation is 1. The summed E-state index contributed by atoms with van der Waals surface area (Å²) < 4.78 is 26.2. The lowest BCUT2D eigenvalue weighted by atomic mass is 10.1. The second-order valence-corrected chi connectivity index (χ2v) is 6.88. The molecule has 1 aliphatic heterocycles. The van der Waals surface area contributed by atoms with Crippen molar-refractivity contribution in [2.45, 2.75) is 6.04 Å². The van der Waals surface area contributed by atoms with Gasteiger partial charge in [0.25, 0.3) is 0 Å². The van der Waals surface area contributed by atoms with Gasteiger partial charge >= 0.3 is 0 Å². The van der Waals surface area contributed by atoms with E-state index in [0.717, 1.165) is 5.56 Å². The van der Waals surface area contributed by atoms with Gasteiger partial charge in [0, 0.05) is 51.5 Å². The normalized spacial score (nSPS) is 20.6. The van der Waals surface area contributed by atoms with Gasteiger partial charge in [-0.15, -0.1) is 0 Å². The summed E-state index contributed by atoms with van der Waals surface area (Å²) in [4.78, 5) is 2.22. The third-order valence-corrected chi connectivity index (χ3v) is 4.82. The molecule has 1 aliphatic rings. The van der Waals surface area contributed by atoms with Crippen molar-refractivity contribution in [1.82, 2.24) is 19.0 Å². The van der Waals surface area contributed by atoms with Gasteiger partial charge < -0.3 is 5.73 Å². The molecular formula is C11H21N5O2S. The van der Waals surface area contributed by atoms with Gasteiger partial charge in [0.2, 0.25) is 10.0 Å². The van der Waals surface area contributed by atoms with Gasteiger partial charge in [-0.25, -0.2) is 8.42 Å². The number of nitrogens with zero attached hydrogens (tertiary/aromatic N) is 4. The van der Waals surface area contributed by atoms with Crippen LogP contribution in [-0.2, 0) is 17.1 Å². The Hall–Kier alpha value is -0.960. The number of hydrogen-bond acceptors (Lipinski definition) is 5. The molecule has 0 aromatic carbocycles. The molecule has 0 radical (unpaired) electrons. The molecule has 1 fully saturated rings. The van der Waals surface area contributed by atoms with Crippen LogP contribution in [0.15, 0.2) is 12.4 Å². The Bertz CT molecular complexity index is 519. The molecule has 1 aromatic rings. The van der Waals surface area contributed by atoms with Crippen molar-refractivity contribution < 1.29 is 8.42 Å². The Morgan fingerprint density at radius 2 is 2.00 bits per heavy atom. The third kappa shape index (κ3) is 3.33. The van der Waals surface area contributed by atoms with Crippen molar-refractivity contribution in [2.75, 3.05) is 39.0 Å². The molecule has 0 aliphatic carbocycles. The van der Waals surface area contributed by atoms with E-state index in [1.165, 1.54) is 10.6 Å². The summed E-state index contributed by atoms with van der Waals surface area (Å²) in [6.07, 6.45) is 5.03. The summed E-state index contributed by atoms with van der Waals surface area (Å²) in [6, 6.07) is 0.107. The molecule has 2 N–H and O–H groups in total. The summed E-state index contributed by atoms with van der Waals surface area (Å²) in [5, 5.41) is 4.16. The van der Waals surface area contributed by atoms with E-state index in [9.17, 15) is 8.42 Å². The van der Waals surface area contributed by atoms with Gasteiger partial charge in [0.05, 0.1) is 18.5 Å². The fraction of sp³-hybridized carbons (Fsp3) is 0.727. The molecule has 0 spiro atoms. The van der Waals surface area contributed by atoms with E-state index in [1.54, 1.807) is 4.68 Å². The van der Waals surface area contributed by atoms with Crippen molar-refractivity contribution in [3.05, 3.63) is 18.0 Å². The highest BCUT2D eigenvalue weighted by Gasteiger charge is 2.28. The molecule has 0 bridgehead atoms. The average Bonchev–Trinajstić information content (AvgIpc) is 2.76. The van der Waals surface area contributed by atoms with Crippen LogP contribution in [-0.4, -0.2) is 66.4 Å². The Morgan fingerprint density at radius 3 is 2.42 bits per heavy atom. The summed E-state index contributed by atoms with van der Waals surface area (Å²) in [6.45, 7) is 2.95. The summed E-state index contributed by atoms with van der Waals surface area (Å²) in [5.74, 6) is 0. The van der Waals surface area contributed by atoms with Gasteiger partial charge in [0.15, 0.2) is 0 Å². The molecule has 19 heavy (non-hydrogen) atoms. The van der Waals surface area contributed by atoms with Crippen LogP contribution in [0.2, 0.25) is 0 Å². The van der Waals surface area contributed by atoms with Crippen LogP contribution >= 0.6 is 0 Å². The molecule has 1 aromatic heterocycles. The van der Waals surface area contributed by atoms with E-state index in [0.29, 0.717) is 32.7 Å². The van der Waals surface area contributed by atoms with E-state index in [-0.39, 0.29) is 6.04 Å². The Kier molecular flexibility index (Phi) is 4.24. The van der Waals surface area contributed by atoms with Gasteiger partial charge in [-0.2, -0.15) is 9.40 Å². The second kappa shape index (κ2) is 5.58. The highest BCUT2D eigenvalue weighted by molar-refractivity contribution is 7.88. The highest BCUT2D eigenvalue weighted by atomic mass is 32.2. The maximum Gasteiger partial charge on any atom is 0.211 e. The first kappa shape index (κ1) is 14.4. The van der Waals surface area contributed by atoms with Crippen LogP contribution in [0.25, 0.3) is 0 Å². The minimum atomic E-state index is -3.08. The molecule has 7 nitrogen and oxygen atoms in total. The highest BCUT2D eigenvalue weighted by Crippen LogP contribution is 2.21. The molecular weight excluding hydrogens is 266 g/mol. The van der Waals surface area contributed by atoms with Crippen LogP contribution in [0.4, 0.5) is 0 Å². The average molecular weight is 287 g/mol. The second-order valence-electron chi connectivity index (χ2n) is 4.90.